The van der Waals surface area contributed by atoms with Gasteiger partial charge in [-0.05, 0) is 36.2 Å². The number of para-hydroxylation sites is 1. The molecular formula is C16H16Cl2FN. The average molecular weight is 312 g/mol. The molecule has 0 N–H and O–H groups in total. The van der Waals surface area contributed by atoms with Gasteiger partial charge in [-0.3, -0.25) is 0 Å². The molecule has 0 saturated heterocycles. The quantitative estimate of drug-likeness (QED) is 0.682. The first-order valence-corrected chi connectivity index (χ1v) is 7.27. The highest BCUT2D eigenvalue weighted by Gasteiger charge is 2.18. The molecule has 0 aromatic heterocycles. The molecule has 20 heavy (non-hydrogen) atoms. The summed E-state index contributed by atoms with van der Waals surface area (Å²) in [5.41, 5.74) is 2.35. The first kappa shape index (κ1) is 15.1. The van der Waals surface area contributed by atoms with Crippen LogP contribution in [0.4, 0.5) is 10.1 Å². The van der Waals surface area contributed by atoms with Crippen molar-refractivity contribution in [2.75, 3.05) is 11.9 Å². The van der Waals surface area contributed by atoms with Gasteiger partial charge in [-0.25, -0.2) is 4.39 Å². The van der Waals surface area contributed by atoms with Crippen LogP contribution in [0, 0.1) is 5.82 Å². The number of halogens is 3. The molecule has 1 unspecified atom stereocenters. The normalized spacial score (nSPS) is 12.2. The molecular weight excluding hydrogens is 296 g/mol. The molecule has 0 aliphatic rings. The van der Waals surface area contributed by atoms with Crippen LogP contribution in [0.25, 0.3) is 0 Å². The van der Waals surface area contributed by atoms with Crippen LogP contribution < -0.4 is 4.90 Å². The monoisotopic (exact) mass is 311 g/mol. The van der Waals surface area contributed by atoms with E-state index < -0.39 is 0 Å². The Kier molecular flexibility index (Phi) is 4.90. The summed E-state index contributed by atoms with van der Waals surface area (Å²) in [6.45, 7) is 2.01. The molecule has 2 aromatic rings. The zero-order valence-electron chi connectivity index (χ0n) is 11.4. The lowest BCUT2D eigenvalue weighted by atomic mass is 10.1. The Morgan fingerprint density at radius 2 is 1.90 bits per heavy atom. The predicted octanol–water partition coefficient (Wildman–Crippen LogP) is 5.42. The van der Waals surface area contributed by atoms with Gasteiger partial charge in [0.1, 0.15) is 5.82 Å². The highest BCUT2D eigenvalue weighted by Crippen LogP contribution is 2.32. The second kappa shape index (κ2) is 6.47. The highest BCUT2D eigenvalue weighted by atomic mass is 35.5. The number of rotatable bonds is 4. The largest absolute Gasteiger partial charge is 0.365 e. The van der Waals surface area contributed by atoms with E-state index in [2.05, 4.69) is 0 Å². The maximum Gasteiger partial charge on any atom is 0.146 e. The first-order chi connectivity index (χ1) is 9.54. The predicted molar refractivity (Wildman–Crippen MR) is 84.2 cm³/mol. The van der Waals surface area contributed by atoms with E-state index in [1.54, 1.807) is 6.07 Å². The summed E-state index contributed by atoms with van der Waals surface area (Å²) in [4.78, 5) is 1.89. The van der Waals surface area contributed by atoms with Gasteiger partial charge >= 0.3 is 0 Å². The maximum atomic E-state index is 14.1. The van der Waals surface area contributed by atoms with E-state index in [0.717, 1.165) is 11.1 Å². The van der Waals surface area contributed by atoms with E-state index in [0.29, 0.717) is 10.7 Å². The maximum absolute atomic E-state index is 14.1. The number of hydrogen-bond acceptors (Lipinski definition) is 1. The van der Waals surface area contributed by atoms with Crippen LogP contribution in [0.3, 0.4) is 0 Å². The minimum Gasteiger partial charge on any atom is -0.365 e. The van der Waals surface area contributed by atoms with Gasteiger partial charge in [0.25, 0.3) is 0 Å². The lowest BCUT2D eigenvalue weighted by molar-refractivity contribution is 0.609. The van der Waals surface area contributed by atoms with Crippen molar-refractivity contribution in [1.29, 1.82) is 0 Å². The first-order valence-electron chi connectivity index (χ1n) is 6.36. The summed E-state index contributed by atoms with van der Waals surface area (Å²) < 4.78 is 14.1. The van der Waals surface area contributed by atoms with Gasteiger partial charge in [-0.2, -0.15) is 0 Å². The Balaban J connectivity index is 2.38. The van der Waals surface area contributed by atoms with Crippen molar-refractivity contribution in [2.45, 2.75) is 18.8 Å². The van der Waals surface area contributed by atoms with Crippen LogP contribution in [0.2, 0.25) is 5.02 Å². The Bertz CT molecular complexity index is 601. The number of nitrogens with zero attached hydrogens (tertiary/aromatic N) is 1. The average Bonchev–Trinajstić information content (AvgIpc) is 2.45. The topological polar surface area (TPSA) is 3.24 Å². The van der Waals surface area contributed by atoms with E-state index in [1.165, 1.54) is 6.07 Å². The van der Waals surface area contributed by atoms with E-state index >= 15 is 0 Å². The molecule has 1 atom stereocenters. The molecule has 4 heteroatoms. The van der Waals surface area contributed by atoms with Crippen molar-refractivity contribution >= 4 is 28.9 Å². The molecule has 106 valence electrons. The smallest absolute Gasteiger partial charge is 0.146 e. The van der Waals surface area contributed by atoms with E-state index in [-0.39, 0.29) is 17.7 Å². The van der Waals surface area contributed by atoms with Crippen molar-refractivity contribution in [2.24, 2.45) is 0 Å². The summed E-state index contributed by atoms with van der Waals surface area (Å²) in [7, 11) is 1.86. The van der Waals surface area contributed by atoms with Gasteiger partial charge in [0.15, 0.2) is 0 Å². The Morgan fingerprint density at radius 1 is 1.20 bits per heavy atom. The van der Waals surface area contributed by atoms with Crippen LogP contribution >= 0.6 is 23.2 Å². The summed E-state index contributed by atoms with van der Waals surface area (Å²) in [6, 6.07) is 12.6. The van der Waals surface area contributed by atoms with Crippen molar-refractivity contribution in [1.82, 2.24) is 0 Å². The number of anilines is 1. The zero-order chi connectivity index (χ0) is 14.7. The second-order valence-corrected chi connectivity index (χ2v) is 5.43. The lowest BCUT2D eigenvalue weighted by Crippen LogP contribution is -2.23. The van der Waals surface area contributed by atoms with E-state index in [1.807, 2.05) is 49.2 Å². The molecule has 0 amide bonds. The Hall–Kier alpha value is -1.25. The molecule has 0 heterocycles. The van der Waals surface area contributed by atoms with Crippen molar-refractivity contribution in [3.05, 3.63) is 64.4 Å². The fourth-order valence-electron chi connectivity index (χ4n) is 2.25. The van der Waals surface area contributed by atoms with E-state index in [9.17, 15) is 4.39 Å². The minimum absolute atomic E-state index is 0.00688. The standard InChI is InChI=1S/C16H16Cl2FN/c1-11(12-5-3-7-14(18)9-12)20(2)16-13(10-17)6-4-8-15(16)19/h3-9,11H,10H2,1-2H3. The number of benzene rings is 2. The Labute approximate surface area is 128 Å². The molecule has 0 bridgehead atoms. The number of alkyl halides is 1. The van der Waals surface area contributed by atoms with Crippen molar-refractivity contribution in [3.8, 4) is 0 Å². The van der Waals surface area contributed by atoms with Crippen LogP contribution in [-0.2, 0) is 5.88 Å². The third-order valence-electron chi connectivity index (χ3n) is 3.48. The van der Waals surface area contributed by atoms with Crippen LogP contribution in [0.5, 0.6) is 0 Å². The van der Waals surface area contributed by atoms with Crippen LogP contribution in [-0.4, -0.2) is 7.05 Å². The van der Waals surface area contributed by atoms with Gasteiger partial charge in [-0.15, -0.1) is 11.6 Å². The van der Waals surface area contributed by atoms with Gasteiger partial charge in [0.2, 0.25) is 0 Å². The van der Waals surface area contributed by atoms with Gasteiger partial charge < -0.3 is 4.90 Å². The molecule has 1 nitrogen and oxygen atoms in total. The summed E-state index contributed by atoms with van der Waals surface area (Å²) in [6.07, 6.45) is 0. The summed E-state index contributed by atoms with van der Waals surface area (Å²) >= 11 is 11.9. The number of hydrogen-bond donors (Lipinski definition) is 0. The fraction of sp³-hybridized carbons (Fsp3) is 0.250. The zero-order valence-corrected chi connectivity index (χ0v) is 12.9. The molecule has 0 fully saturated rings. The van der Waals surface area contributed by atoms with Crippen molar-refractivity contribution < 1.29 is 4.39 Å². The molecule has 2 aromatic carbocycles. The molecule has 0 aliphatic heterocycles. The summed E-state index contributed by atoms with van der Waals surface area (Å²) in [5.74, 6) is 0.0132. The lowest BCUT2D eigenvalue weighted by Gasteiger charge is -2.29. The van der Waals surface area contributed by atoms with Crippen molar-refractivity contribution in [3.63, 3.8) is 0 Å². The molecule has 0 spiro atoms. The molecule has 0 saturated carbocycles. The minimum atomic E-state index is -0.264. The third kappa shape index (κ3) is 3.08. The summed E-state index contributed by atoms with van der Waals surface area (Å²) in [5, 5.41) is 0.675. The molecule has 0 radical (unpaired) electrons. The second-order valence-electron chi connectivity index (χ2n) is 4.72. The highest BCUT2D eigenvalue weighted by molar-refractivity contribution is 6.30. The molecule has 2 rings (SSSR count). The van der Waals surface area contributed by atoms with E-state index in [4.69, 9.17) is 23.2 Å². The van der Waals surface area contributed by atoms with Crippen LogP contribution in [0.15, 0.2) is 42.5 Å². The van der Waals surface area contributed by atoms with Gasteiger partial charge in [-0.1, -0.05) is 35.9 Å². The van der Waals surface area contributed by atoms with Gasteiger partial charge in [0, 0.05) is 18.0 Å². The van der Waals surface area contributed by atoms with Gasteiger partial charge in [0.05, 0.1) is 11.7 Å². The van der Waals surface area contributed by atoms with Crippen LogP contribution in [0.1, 0.15) is 24.1 Å². The Morgan fingerprint density at radius 3 is 2.55 bits per heavy atom. The third-order valence-corrected chi connectivity index (χ3v) is 4.00. The fourth-order valence-corrected chi connectivity index (χ4v) is 2.66. The molecule has 0 aliphatic carbocycles. The SMILES string of the molecule is CC(c1cccc(Cl)c1)N(C)c1c(F)cccc1CCl.